The fourth-order valence-electron chi connectivity index (χ4n) is 3.01. The van der Waals surface area contributed by atoms with Crippen LogP contribution in [0.3, 0.4) is 0 Å². The molecule has 3 rings (SSSR count). The maximum atomic E-state index is 12.7. The Morgan fingerprint density at radius 2 is 1.81 bits per heavy atom. The highest BCUT2D eigenvalue weighted by atomic mass is 32.2. The summed E-state index contributed by atoms with van der Waals surface area (Å²) in [7, 11) is -7.11. The molecule has 1 fully saturated rings. The number of nitrogens with one attached hydrogen (secondary N) is 1. The van der Waals surface area contributed by atoms with Crippen molar-refractivity contribution in [2.45, 2.75) is 31.6 Å². The first-order valence-electron chi connectivity index (χ1n) is 8.40. The molecule has 1 N–H and O–H groups in total. The first-order valence-corrected chi connectivity index (χ1v) is 11.5. The van der Waals surface area contributed by atoms with Crippen molar-refractivity contribution < 1.29 is 16.8 Å². The number of anilines is 2. The van der Waals surface area contributed by atoms with Gasteiger partial charge in [0.05, 0.1) is 22.0 Å². The second kappa shape index (κ2) is 6.92. The Morgan fingerprint density at radius 1 is 1.04 bits per heavy atom. The Kier molecular flexibility index (Phi) is 4.98. The molecule has 1 saturated heterocycles. The third-order valence-corrected chi connectivity index (χ3v) is 7.76. The van der Waals surface area contributed by atoms with Crippen molar-refractivity contribution in [3.63, 3.8) is 0 Å². The van der Waals surface area contributed by atoms with Gasteiger partial charge in [-0.2, -0.15) is 0 Å². The van der Waals surface area contributed by atoms with Crippen LogP contribution in [0.2, 0.25) is 0 Å². The Morgan fingerprint density at radius 3 is 2.54 bits per heavy atom. The van der Waals surface area contributed by atoms with Gasteiger partial charge in [-0.1, -0.05) is 18.2 Å². The zero-order valence-electron chi connectivity index (χ0n) is 14.8. The van der Waals surface area contributed by atoms with Crippen LogP contribution in [-0.2, 0) is 20.0 Å². The standard InChI is InChI=1S/C18H22N2O4S2/c1-14-8-9-15(2)18(12-14)26(23,24)19-16-6-5-7-17(13-16)20-10-3-4-11-25(20,21)22/h5-9,12-13,19H,3-4,10-11H2,1-2H3. The third-order valence-electron chi connectivity index (χ3n) is 4.37. The minimum Gasteiger partial charge on any atom is -0.280 e. The van der Waals surface area contributed by atoms with E-state index in [1.54, 1.807) is 43.3 Å². The number of benzene rings is 2. The van der Waals surface area contributed by atoms with E-state index in [2.05, 4.69) is 4.72 Å². The van der Waals surface area contributed by atoms with E-state index in [0.29, 0.717) is 29.9 Å². The molecule has 0 atom stereocenters. The quantitative estimate of drug-likeness (QED) is 0.864. The van der Waals surface area contributed by atoms with E-state index in [4.69, 9.17) is 0 Å². The second-order valence-corrected chi connectivity index (χ2v) is 10.2. The smallest absolute Gasteiger partial charge is 0.262 e. The minimum atomic E-state index is -3.76. The van der Waals surface area contributed by atoms with Gasteiger partial charge in [-0.25, -0.2) is 16.8 Å². The van der Waals surface area contributed by atoms with Crippen LogP contribution in [0.15, 0.2) is 47.4 Å². The van der Waals surface area contributed by atoms with E-state index >= 15 is 0 Å². The van der Waals surface area contributed by atoms with Crippen LogP contribution in [0.1, 0.15) is 24.0 Å². The summed E-state index contributed by atoms with van der Waals surface area (Å²) >= 11 is 0. The predicted octanol–water partition coefficient (Wildman–Crippen LogP) is 3.03. The maximum Gasteiger partial charge on any atom is 0.262 e. The van der Waals surface area contributed by atoms with E-state index in [-0.39, 0.29) is 10.6 Å². The largest absolute Gasteiger partial charge is 0.280 e. The number of hydrogen-bond donors (Lipinski definition) is 1. The van der Waals surface area contributed by atoms with Gasteiger partial charge < -0.3 is 0 Å². The zero-order valence-corrected chi connectivity index (χ0v) is 16.4. The Labute approximate surface area is 155 Å². The third kappa shape index (κ3) is 3.86. The van der Waals surface area contributed by atoms with Crippen LogP contribution >= 0.6 is 0 Å². The van der Waals surface area contributed by atoms with Gasteiger partial charge in [-0.05, 0) is 62.1 Å². The van der Waals surface area contributed by atoms with Crippen molar-refractivity contribution in [2.75, 3.05) is 21.3 Å². The van der Waals surface area contributed by atoms with Gasteiger partial charge in [0.1, 0.15) is 0 Å². The van der Waals surface area contributed by atoms with E-state index in [1.165, 1.54) is 4.31 Å². The minimum absolute atomic E-state index is 0.117. The Hall–Kier alpha value is -2.06. The summed E-state index contributed by atoms with van der Waals surface area (Å²) in [6.45, 7) is 3.99. The van der Waals surface area contributed by atoms with E-state index in [1.807, 2.05) is 13.0 Å². The molecule has 0 saturated carbocycles. The fraction of sp³-hybridized carbons (Fsp3) is 0.333. The first kappa shape index (κ1) is 18.7. The molecule has 0 aromatic heterocycles. The Bertz CT molecular complexity index is 1030. The summed E-state index contributed by atoms with van der Waals surface area (Å²) in [5.74, 6) is 0.117. The normalized spacial score (nSPS) is 17.1. The first-order chi connectivity index (χ1) is 12.2. The summed E-state index contributed by atoms with van der Waals surface area (Å²) < 4.78 is 53.9. The molecule has 2 aromatic carbocycles. The summed E-state index contributed by atoms with van der Waals surface area (Å²) in [6.07, 6.45) is 1.44. The summed E-state index contributed by atoms with van der Waals surface area (Å²) in [6, 6.07) is 11.8. The van der Waals surface area contributed by atoms with Gasteiger partial charge in [0, 0.05) is 6.54 Å². The summed E-state index contributed by atoms with van der Waals surface area (Å²) in [4.78, 5) is 0.216. The number of aryl methyl sites for hydroxylation is 2. The average Bonchev–Trinajstić information content (AvgIpc) is 2.56. The topological polar surface area (TPSA) is 83.6 Å². The molecule has 26 heavy (non-hydrogen) atoms. The molecule has 1 heterocycles. The van der Waals surface area contributed by atoms with Crippen molar-refractivity contribution >= 4 is 31.4 Å². The van der Waals surface area contributed by atoms with Crippen molar-refractivity contribution in [3.05, 3.63) is 53.6 Å². The van der Waals surface area contributed by atoms with Crippen molar-refractivity contribution in [3.8, 4) is 0 Å². The number of hydrogen-bond acceptors (Lipinski definition) is 4. The molecule has 6 nitrogen and oxygen atoms in total. The lowest BCUT2D eigenvalue weighted by atomic mass is 10.2. The molecule has 2 aromatic rings. The molecule has 8 heteroatoms. The lowest BCUT2D eigenvalue weighted by molar-refractivity contribution is 0.574. The van der Waals surface area contributed by atoms with E-state index < -0.39 is 20.0 Å². The second-order valence-electron chi connectivity index (χ2n) is 6.52. The monoisotopic (exact) mass is 394 g/mol. The zero-order chi connectivity index (χ0) is 18.9. The lowest BCUT2D eigenvalue weighted by Crippen LogP contribution is -2.37. The van der Waals surface area contributed by atoms with Gasteiger partial charge in [0.2, 0.25) is 10.0 Å². The van der Waals surface area contributed by atoms with Crippen LogP contribution in [0.25, 0.3) is 0 Å². The molecule has 0 radical (unpaired) electrons. The molecular formula is C18H22N2O4S2. The summed E-state index contributed by atoms with van der Waals surface area (Å²) in [5, 5.41) is 0. The highest BCUT2D eigenvalue weighted by molar-refractivity contribution is 7.93. The molecule has 140 valence electrons. The molecule has 1 aliphatic rings. The number of nitrogens with zero attached hydrogens (tertiary/aromatic N) is 1. The predicted molar refractivity (Wildman–Crippen MR) is 104 cm³/mol. The van der Waals surface area contributed by atoms with Crippen LogP contribution in [0.4, 0.5) is 11.4 Å². The van der Waals surface area contributed by atoms with Gasteiger partial charge in [0.25, 0.3) is 10.0 Å². The molecule has 0 unspecified atom stereocenters. The molecule has 0 spiro atoms. The van der Waals surface area contributed by atoms with E-state index in [0.717, 1.165) is 12.0 Å². The molecule has 0 aliphatic carbocycles. The van der Waals surface area contributed by atoms with Crippen molar-refractivity contribution in [1.29, 1.82) is 0 Å². The van der Waals surface area contributed by atoms with Gasteiger partial charge in [-0.3, -0.25) is 9.03 Å². The highest BCUT2D eigenvalue weighted by Gasteiger charge is 2.26. The lowest BCUT2D eigenvalue weighted by Gasteiger charge is -2.28. The molecular weight excluding hydrogens is 372 g/mol. The highest BCUT2D eigenvalue weighted by Crippen LogP contribution is 2.27. The number of rotatable bonds is 4. The fourth-order valence-corrected chi connectivity index (χ4v) is 6.02. The average molecular weight is 395 g/mol. The molecule has 0 bridgehead atoms. The van der Waals surface area contributed by atoms with Crippen LogP contribution in [0.5, 0.6) is 0 Å². The number of sulfonamides is 2. The summed E-state index contributed by atoms with van der Waals surface area (Å²) in [5.41, 5.74) is 2.32. The van der Waals surface area contributed by atoms with E-state index in [9.17, 15) is 16.8 Å². The van der Waals surface area contributed by atoms with Crippen LogP contribution < -0.4 is 9.03 Å². The Balaban J connectivity index is 1.93. The van der Waals surface area contributed by atoms with Crippen LogP contribution in [-0.4, -0.2) is 29.1 Å². The van der Waals surface area contributed by atoms with Gasteiger partial charge in [0.15, 0.2) is 0 Å². The van der Waals surface area contributed by atoms with Crippen LogP contribution in [0, 0.1) is 13.8 Å². The molecule has 0 amide bonds. The van der Waals surface area contributed by atoms with Gasteiger partial charge in [-0.15, -0.1) is 0 Å². The van der Waals surface area contributed by atoms with Crippen molar-refractivity contribution in [2.24, 2.45) is 0 Å². The van der Waals surface area contributed by atoms with Crippen molar-refractivity contribution in [1.82, 2.24) is 0 Å². The maximum absolute atomic E-state index is 12.7. The van der Waals surface area contributed by atoms with Gasteiger partial charge >= 0.3 is 0 Å². The molecule has 1 aliphatic heterocycles. The SMILES string of the molecule is Cc1ccc(C)c(S(=O)(=O)Nc2cccc(N3CCCCS3(=O)=O)c2)c1.